The van der Waals surface area contributed by atoms with E-state index in [2.05, 4.69) is 22.9 Å². The number of morpholine rings is 1. The van der Waals surface area contributed by atoms with E-state index >= 15 is 0 Å². The van der Waals surface area contributed by atoms with Gasteiger partial charge >= 0.3 is 0 Å². The molecule has 7 heteroatoms. The van der Waals surface area contributed by atoms with E-state index in [-0.39, 0.29) is 12.5 Å². The van der Waals surface area contributed by atoms with Gasteiger partial charge in [-0.3, -0.25) is 19.6 Å². The molecule has 4 rings (SSSR count). The number of ether oxygens (including phenoxy) is 2. The first-order valence-electron chi connectivity index (χ1n) is 8.83. The Morgan fingerprint density at radius 2 is 2.08 bits per heavy atom. The molecule has 1 atom stereocenters. The zero-order valence-electron chi connectivity index (χ0n) is 14.9. The smallest absolute Gasteiger partial charge is 0.253 e. The van der Waals surface area contributed by atoms with Crippen LogP contribution in [0.15, 0.2) is 36.7 Å². The Morgan fingerprint density at radius 3 is 2.85 bits per heavy atom. The number of hydrogen-bond acceptors (Lipinski definition) is 6. The standard InChI is InChI=1S/C19H23N3O3S/c1-15-2-3-18(26-15)22-13-19(25-11-17(22)23)12-21(8-9-24-14-19)10-16-4-6-20-7-5-16/h2-7H,8-14H2,1H3/t19-/m1/s1. The lowest BCUT2D eigenvalue weighted by atomic mass is 10.0. The van der Waals surface area contributed by atoms with Gasteiger partial charge in [0.05, 0.1) is 24.8 Å². The van der Waals surface area contributed by atoms with Gasteiger partial charge in [-0.05, 0) is 36.8 Å². The van der Waals surface area contributed by atoms with Crippen LogP contribution >= 0.6 is 11.3 Å². The average molecular weight is 373 g/mol. The quantitative estimate of drug-likeness (QED) is 0.825. The summed E-state index contributed by atoms with van der Waals surface area (Å²) in [4.78, 5) is 21.9. The fraction of sp³-hybridized carbons (Fsp3) is 0.474. The van der Waals surface area contributed by atoms with E-state index in [0.717, 1.165) is 24.6 Å². The van der Waals surface area contributed by atoms with Crippen LogP contribution < -0.4 is 4.90 Å². The number of aromatic nitrogens is 1. The lowest BCUT2D eigenvalue weighted by molar-refractivity contribution is -0.146. The summed E-state index contributed by atoms with van der Waals surface area (Å²) in [6, 6.07) is 8.13. The highest BCUT2D eigenvalue weighted by molar-refractivity contribution is 7.16. The molecule has 138 valence electrons. The first-order chi connectivity index (χ1) is 12.6. The summed E-state index contributed by atoms with van der Waals surface area (Å²) in [6.45, 7) is 6.27. The Hall–Kier alpha value is -1.80. The molecular weight excluding hydrogens is 350 g/mol. The third-order valence-electron chi connectivity index (χ3n) is 4.83. The van der Waals surface area contributed by atoms with Crippen LogP contribution in [0.5, 0.6) is 0 Å². The minimum Gasteiger partial charge on any atom is -0.377 e. The molecule has 0 radical (unpaired) electrons. The first kappa shape index (κ1) is 17.6. The maximum absolute atomic E-state index is 12.4. The van der Waals surface area contributed by atoms with Crippen molar-refractivity contribution < 1.29 is 14.3 Å². The van der Waals surface area contributed by atoms with Crippen LogP contribution in [0.25, 0.3) is 0 Å². The summed E-state index contributed by atoms with van der Waals surface area (Å²) in [7, 11) is 0. The van der Waals surface area contributed by atoms with Crippen LogP contribution in [-0.2, 0) is 20.8 Å². The second-order valence-corrected chi connectivity index (χ2v) is 8.22. The van der Waals surface area contributed by atoms with E-state index in [4.69, 9.17) is 9.47 Å². The molecule has 0 unspecified atom stereocenters. The molecule has 0 bridgehead atoms. The number of anilines is 1. The average Bonchev–Trinajstić information content (AvgIpc) is 2.98. The molecule has 0 aromatic carbocycles. The Balaban J connectivity index is 1.52. The minimum absolute atomic E-state index is 0.0161. The van der Waals surface area contributed by atoms with Crippen molar-refractivity contribution in [3.63, 3.8) is 0 Å². The van der Waals surface area contributed by atoms with Crippen molar-refractivity contribution in [2.24, 2.45) is 0 Å². The van der Waals surface area contributed by atoms with E-state index in [1.165, 1.54) is 10.4 Å². The highest BCUT2D eigenvalue weighted by Crippen LogP contribution is 2.31. The van der Waals surface area contributed by atoms with Gasteiger partial charge < -0.3 is 9.47 Å². The van der Waals surface area contributed by atoms with Crippen LogP contribution in [0.4, 0.5) is 5.00 Å². The van der Waals surface area contributed by atoms with Crippen LogP contribution in [-0.4, -0.2) is 60.8 Å². The lowest BCUT2D eigenvalue weighted by Gasteiger charge is -2.42. The Bertz CT molecular complexity index is 766. The number of thiophene rings is 1. The monoisotopic (exact) mass is 373 g/mol. The fourth-order valence-corrected chi connectivity index (χ4v) is 4.41. The summed E-state index contributed by atoms with van der Waals surface area (Å²) in [6.07, 6.45) is 3.63. The summed E-state index contributed by atoms with van der Waals surface area (Å²) < 4.78 is 11.9. The molecular formula is C19H23N3O3S. The molecule has 26 heavy (non-hydrogen) atoms. The number of rotatable bonds is 3. The number of hydrogen-bond donors (Lipinski definition) is 0. The van der Waals surface area contributed by atoms with Crippen LogP contribution in [0.3, 0.4) is 0 Å². The van der Waals surface area contributed by atoms with Crippen molar-refractivity contribution in [1.82, 2.24) is 9.88 Å². The van der Waals surface area contributed by atoms with E-state index in [9.17, 15) is 4.79 Å². The maximum Gasteiger partial charge on any atom is 0.253 e. The SMILES string of the molecule is Cc1ccc(N2C[C@]3(COCCN(Cc4ccncc4)C3)OCC2=O)s1. The van der Waals surface area contributed by atoms with Gasteiger partial charge in [-0.1, -0.05) is 0 Å². The van der Waals surface area contributed by atoms with Crippen molar-refractivity contribution in [1.29, 1.82) is 0 Å². The molecule has 2 aliphatic heterocycles. The van der Waals surface area contributed by atoms with E-state index < -0.39 is 5.60 Å². The summed E-state index contributed by atoms with van der Waals surface area (Å²) in [5.74, 6) is 0.0161. The van der Waals surface area contributed by atoms with Crippen molar-refractivity contribution in [3.8, 4) is 0 Å². The van der Waals surface area contributed by atoms with E-state index in [1.807, 2.05) is 35.5 Å². The maximum atomic E-state index is 12.4. The molecule has 0 saturated carbocycles. The molecule has 2 fully saturated rings. The van der Waals surface area contributed by atoms with Crippen molar-refractivity contribution >= 4 is 22.2 Å². The fourth-order valence-electron chi connectivity index (χ4n) is 3.53. The Kier molecular flexibility index (Phi) is 5.04. The number of pyridine rings is 1. The molecule has 2 aliphatic rings. The zero-order valence-corrected chi connectivity index (χ0v) is 15.7. The lowest BCUT2D eigenvalue weighted by Crippen LogP contribution is -2.60. The van der Waals surface area contributed by atoms with Gasteiger partial charge in [0, 0.05) is 36.9 Å². The third-order valence-corrected chi connectivity index (χ3v) is 5.85. The van der Waals surface area contributed by atoms with Crippen LogP contribution in [0, 0.1) is 6.92 Å². The van der Waals surface area contributed by atoms with Gasteiger partial charge in [0.2, 0.25) is 0 Å². The van der Waals surface area contributed by atoms with E-state index in [0.29, 0.717) is 19.8 Å². The molecule has 4 heterocycles. The van der Waals surface area contributed by atoms with Gasteiger partial charge in [0.1, 0.15) is 12.2 Å². The largest absolute Gasteiger partial charge is 0.377 e. The molecule has 2 saturated heterocycles. The Morgan fingerprint density at radius 1 is 1.23 bits per heavy atom. The second-order valence-electron chi connectivity index (χ2n) is 6.95. The summed E-state index contributed by atoms with van der Waals surface area (Å²) in [5, 5.41) is 0.986. The highest BCUT2D eigenvalue weighted by atomic mass is 32.1. The minimum atomic E-state index is -0.491. The predicted molar refractivity (Wildman–Crippen MR) is 100 cm³/mol. The molecule has 0 N–H and O–H groups in total. The molecule has 2 aromatic rings. The highest BCUT2D eigenvalue weighted by Gasteiger charge is 2.43. The summed E-state index contributed by atoms with van der Waals surface area (Å²) >= 11 is 1.64. The third kappa shape index (κ3) is 3.81. The molecule has 1 spiro atoms. The topological polar surface area (TPSA) is 54.9 Å². The number of carbonyl (C=O) groups excluding carboxylic acids is 1. The zero-order chi connectivity index (χ0) is 18.0. The van der Waals surface area contributed by atoms with Crippen molar-refractivity contribution in [3.05, 3.63) is 47.1 Å². The van der Waals surface area contributed by atoms with Gasteiger partial charge in [-0.15, -0.1) is 11.3 Å². The van der Waals surface area contributed by atoms with Gasteiger partial charge in [0.25, 0.3) is 5.91 Å². The predicted octanol–water partition coefficient (Wildman–Crippen LogP) is 2.09. The number of aryl methyl sites for hydroxylation is 1. The van der Waals surface area contributed by atoms with Crippen LogP contribution in [0.2, 0.25) is 0 Å². The molecule has 1 amide bonds. The normalized spacial score (nSPS) is 24.8. The first-order valence-corrected chi connectivity index (χ1v) is 9.65. The van der Waals surface area contributed by atoms with Crippen molar-refractivity contribution in [2.75, 3.05) is 44.4 Å². The number of carbonyl (C=O) groups is 1. The van der Waals surface area contributed by atoms with E-state index in [1.54, 1.807) is 11.3 Å². The number of nitrogens with zero attached hydrogens (tertiary/aromatic N) is 3. The van der Waals surface area contributed by atoms with Gasteiger partial charge in [0.15, 0.2) is 0 Å². The second kappa shape index (κ2) is 7.44. The molecule has 6 nitrogen and oxygen atoms in total. The number of amides is 1. The molecule has 2 aromatic heterocycles. The molecule has 0 aliphatic carbocycles. The Labute approximate surface area is 157 Å². The van der Waals surface area contributed by atoms with Crippen LogP contribution in [0.1, 0.15) is 10.4 Å². The van der Waals surface area contributed by atoms with Gasteiger partial charge in [-0.2, -0.15) is 0 Å². The van der Waals surface area contributed by atoms with Gasteiger partial charge in [-0.25, -0.2) is 0 Å². The van der Waals surface area contributed by atoms with Crippen molar-refractivity contribution in [2.45, 2.75) is 19.1 Å². The summed E-state index contributed by atoms with van der Waals surface area (Å²) in [5.41, 5.74) is 0.727.